The van der Waals surface area contributed by atoms with E-state index in [0.29, 0.717) is 17.5 Å². The monoisotopic (exact) mass is 616 g/mol. The normalized spacial score (nSPS) is 12.3. The Morgan fingerprint density at radius 2 is 1.36 bits per heavy atom. The van der Waals surface area contributed by atoms with Gasteiger partial charge in [0.05, 0.1) is 0 Å². The Hall–Kier alpha value is -5.72. The van der Waals surface area contributed by atoms with Crippen LogP contribution in [-0.4, -0.2) is 47.9 Å². The van der Waals surface area contributed by atoms with Gasteiger partial charge in [0.25, 0.3) is 5.91 Å². The number of nitrogens with two attached hydrogens (primary N) is 3. The number of nitrogens with one attached hydrogen (secondary N) is 2. The summed E-state index contributed by atoms with van der Waals surface area (Å²) in [6, 6.07) is 23.8. The molecule has 5 amide bonds. The number of aryl methyl sites for hydroxylation is 1. The Bertz CT molecular complexity index is 1480. The molecule has 3 aromatic rings. The molecule has 8 N–H and O–H groups in total. The van der Waals surface area contributed by atoms with Crippen molar-refractivity contribution < 1.29 is 33.4 Å². The molecule has 0 heterocycles. The molecule has 3 rings (SSSR count). The van der Waals surface area contributed by atoms with Gasteiger partial charge in [0.1, 0.15) is 18.5 Å². The molecule has 13 nitrogen and oxygen atoms in total. The van der Waals surface area contributed by atoms with Crippen LogP contribution >= 0.6 is 0 Å². The third-order valence-electron chi connectivity index (χ3n) is 6.53. The van der Waals surface area contributed by atoms with Gasteiger partial charge in [0, 0.05) is 18.5 Å². The molecule has 0 fully saturated rings. The lowest BCUT2D eigenvalue weighted by Gasteiger charge is -2.22. The highest BCUT2D eigenvalue weighted by Gasteiger charge is 2.28. The molecule has 0 saturated heterocycles. The fraction of sp³-hybridized carbons (Fsp3) is 0.250. The van der Waals surface area contributed by atoms with E-state index >= 15 is 0 Å². The second kappa shape index (κ2) is 17.4. The highest BCUT2D eigenvalue weighted by atomic mass is 16.6. The summed E-state index contributed by atoms with van der Waals surface area (Å²) in [5.74, 6) is -2.03. The van der Waals surface area contributed by atoms with Crippen LogP contribution in [-0.2, 0) is 43.4 Å². The molecule has 0 aliphatic carbocycles. The summed E-state index contributed by atoms with van der Waals surface area (Å²) >= 11 is 0. The maximum atomic E-state index is 13.0. The van der Waals surface area contributed by atoms with Gasteiger partial charge in [-0.3, -0.25) is 14.4 Å². The summed E-state index contributed by atoms with van der Waals surface area (Å²) in [6.07, 6.45) is -2.97. The molecule has 0 aliphatic heterocycles. The third kappa shape index (κ3) is 12.2. The summed E-state index contributed by atoms with van der Waals surface area (Å²) in [6.45, 7) is 0.121. The molecule has 0 bridgehead atoms. The molecule has 236 valence electrons. The van der Waals surface area contributed by atoms with Gasteiger partial charge in [-0.05, 0) is 36.0 Å². The Balaban J connectivity index is 1.58. The molecule has 0 spiro atoms. The van der Waals surface area contributed by atoms with E-state index in [-0.39, 0.29) is 38.2 Å². The first-order valence-corrected chi connectivity index (χ1v) is 14.1. The third-order valence-corrected chi connectivity index (χ3v) is 6.53. The summed E-state index contributed by atoms with van der Waals surface area (Å²) < 4.78 is 10.1. The molecular formula is C32H36N6O7. The average molecular weight is 617 g/mol. The molecule has 45 heavy (non-hydrogen) atoms. The number of rotatable bonds is 15. The van der Waals surface area contributed by atoms with E-state index in [1.165, 1.54) is 0 Å². The van der Waals surface area contributed by atoms with Crippen LogP contribution in [0.15, 0.2) is 89.9 Å². The SMILES string of the molecule is NC(=O)CCC(NC(=O)C(CCc1ccccc1)OC(N)=O)C(=O)NCc1ccc(C(N)=NC(=O)OCc2ccccc2)cc1. The highest BCUT2D eigenvalue weighted by molar-refractivity contribution is 6.02. The zero-order chi connectivity index (χ0) is 32.6. The fourth-order valence-electron chi connectivity index (χ4n) is 4.17. The zero-order valence-electron chi connectivity index (χ0n) is 24.5. The Morgan fingerprint density at radius 1 is 0.733 bits per heavy atom. The van der Waals surface area contributed by atoms with E-state index in [2.05, 4.69) is 15.6 Å². The molecule has 2 atom stereocenters. The lowest BCUT2D eigenvalue weighted by molar-refractivity contribution is -0.134. The van der Waals surface area contributed by atoms with E-state index < -0.39 is 42.1 Å². The largest absolute Gasteiger partial charge is 0.443 e. The highest BCUT2D eigenvalue weighted by Crippen LogP contribution is 2.10. The van der Waals surface area contributed by atoms with E-state index in [0.717, 1.165) is 11.1 Å². The quantitative estimate of drug-likeness (QED) is 0.126. The van der Waals surface area contributed by atoms with Crippen molar-refractivity contribution in [3.8, 4) is 0 Å². The van der Waals surface area contributed by atoms with Crippen molar-refractivity contribution in [2.24, 2.45) is 22.2 Å². The van der Waals surface area contributed by atoms with Crippen molar-refractivity contribution >= 4 is 35.7 Å². The van der Waals surface area contributed by atoms with Crippen LogP contribution in [0.1, 0.15) is 41.5 Å². The number of carbonyl (C=O) groups is 5. The maximum Gasteiger partial charge on any atom is 0.435 e. The van der Waals surface area contributed by atoms with Gasteiger partial charge in [-0.15, -0.1) is 0 Å². The topological polar surface area (TPSA) is 218 Å². The lowest BCUT2D eigenvalue weighted by atomic mass is 10.0. The van der Waals surface area contributed by atoms with Crippen LogP contribution in [0.5, 0.6) is 0 Å². The van der Waals surface area contributed by atoms with E-state index in [1.54, 1.807) is 24.3 Å². The van der Waals surface area contributed by atoms with E-state index in [9.17, 15) is 24.0 Å². The number of nitrogens with zero attached hydrogens (tertiary/aromatic N) is 1. The lowest BCUT2D eigenvalue weighted by Crippen LogP contribution is -2.51. The van der Waals surface area contributed by atoms with Crippen LogP contribution in [0.4, 0.5) is 9.59 Å². The summed E-state index contributed by atoms with van der Waals surface area (Å²) in [5.41, 5.74) is 19.2. The van der Waals surface area contributed by atoms with Crippen molar-refractivity contribution in [3.05, 3.63) is 107 Å². The van der Waals surface area contributed by atoms with E-state index in [4.69, 9.17) is 26.7 Å². The Labute approximate surface area is 260 Å². The van der Waals surface area contributed by atoms with Gasteiger partial charge in [-0.2, -0.15) is 4.99 Å². The first-order valence-electron chi connectivity index (χ1n) is 14.1. The van der Waals surface area contributed by atoms with Gasteiger partial charge < -0.3 is 37.3 Å². The minimum absolute atomic E-state index is 0.0436. The summed E-state index contributed by atoms with van der Waals surface area (Å²) in [7, 11) is 0. The van der Waals surface area contributed by atoms with Crippen LogP contribution in [0.25, 0.3) is 0 Å². The first-order chi connectivity index (χ1) is 21.6. The number of benzene rings is 3. The molecule has 0 aliphatic rings. The van der Waals surface area contributed by atoms with Gasteiger partial charge >= 0.3 is 12.2 Å². The molecule has 0 aromatic heterocycles. The number of primary amides is 2. The van der Waals surface area contributed by atoms with Crippen LogP contribution in [0.2, 0.25) is 0 Å². The minimum Gasteiger partial charge on any atom is -0.443 e. The zero-order valence-corrected chi connectivity index (χ0v) is 24.5. The second-order valence-electron chi connectivity index (χ2n) is 9.97. The van der Waals surface area contributed by atoms with Crippen LogP contribution in [0, 0.1) is 0 Å². The molecule has 2 unspecified atom stereocenters. The van der Waals surface area contributed by atoms with Crippen molar-refractivity contribution in [3.63, 3.8) is 0 Å². The smallest absolute Gasteiger partial charge is 0.435 e. The summed E-state index contributed by atoms with van der Waals surface area (Å²) in [4.78, 5) is 64.8. The second-order valence-corrected chi connectivity index (χ2v) is 9.97. The van der Waals surface area contributed by atoms with Crippen LogP contribution in [0.3, 0.4) is 0 Å². The van der Waals surface area contributed by atoms with Crippen molar-refractivity contribution in [1.29, 1.82) is 0 Å². The minimum atomic E-state index is -1.26. The number of carbonyl (C=O) groups excluding carboxylic acids is 5. The Kier molecular flexibility index (Phi) is 13.1. The first kappa shape index (κ1) is 33.8. The van der Waals surface area contributed by atoms with Crippen LogP contribution < -0.4 is 27.8 Å². The fourth-order valence-corrected chi connectivity index (χ4v) is 4.17. The molecule has 0 saturated carbocycles. The average Bonchev–Trinajstić information content (AvgIpc) is 3.03. The number of hydrogen-bond acceptors (Lipinski definition) is 7. The summed E-state index contributed by atoms with van der Waals surface area (Å²) in [5, 5.41) is 5.25. The predicted molar refractivity (Wildman–Crippen MR) is 165 cm³/mol. The number of hydrogen-bond donors (Lipinski definition) is 5. The van der Waals surface area contributed by atoms with Crippen molar-refractivity contribution in [1.82, 2.24) is 10.6 Å². The molecule has 13 heteroatoms. The standard InChI is InChI=1S/C32H36N6O7/c33-27(39)18-16-25(37-30(41)26(45-31(35)42)17-13-21-7-3-1-4-8-21)29(40)36-19-22-11-14-24(15-12-22)28(34)38-32(43)44-20-23-9-5-2-6-10-23/h1-12,14-15,25-26H,13,16-20H2,(H2,33,39)(H2,35,42)(H,36,40)(H,37,41)(H2,34,38,43). The molecule has 3 aromatic carbocycles. The van der Waals surface area contributed by atoms with E-state index in [1.807, 2.05) is 60.7 Å². The maximum absolute atomic E-state index is 13.0. The van der Waals surface area contributed by atoms with Gasteiger partial charge in [0.2, 0.25) is 11.8 Å². The van der Waals surface area contributed by atoms with Gasteiger partial charge in [-0.1, -0.05) is 84.9 Å². The number of amides is 5. The van der Waals surface area contributed by atoms with Crippen molar-refractivity contribution in [2.75, 3.05) is 0 Å². The molecular weight excluding hydrogens is 580 g/mol. The predicted octanol–water partition coefficient (Wildman–Crippen LogP) is 2.19. The Morgan fingerprint density at radius 3 is 1.96 bits per heavy atom. The van der Waals surface area contributed by atoms with Gasteiger partial charge in [0.15, 0.2) is 6.10 Å². The number of ether oxygens (including phenoxy) is 2. The molecule has 0 radical (unpaired) electrons. The van der Waals surface area contributed by atoms with Gasteiger partial charge in [-0.25, -0.2) is 9.59 Å². The number of aliphatic imine (C=N–C) groups is 1. The van der Waals surface area contributed by atoms with Crippen molar-refractivity contribution in [2.45, 2.75) is 51.0 Å². The number of amidine groups is 1.